The zero-order valence-corrected chi connectivity index (χ0v) is 10.6. The van der Waals surface area contributed by atoms with Crippen LogP contribution in [-0.4, -0.2) is 18.0 Å². The predicted octanol–water partition coefficient (Wildman–Crippen LogP) is 2.81. The number of carbonyl (C=O) groups is 1. The van der Waals surface area contributed by atoms with Gasteiger partial charge in [0.25, 0.3) is 0 Å². The van der Waals surface area contributed by atoms with Crippen molar-refractivity contribution < 1.29 is 9.53 Å². The summed E-state index contributed by atoms with van der Waals surface area (Å²) >= 11 is 0. The van der Waals surface area contributed by atoms with Crippen LogP contribution >= 0.6 is 0 Å². The van der Waals surface area contributed by atoms with E-state index in [-0.39, 0.29) is 11.5 Å². The van der Waals surface area contributed by atoms with Crippen LogP contribution in [0.5, 0.6) is 0 Å². The molecule has 3 rings (SSSR count). The minimum atomic E-state index is -0.0138. The maximum atomic E-state index is 12.2. The average Bonchev–Trinajstić information content (AvgIpc) is 2.14. The van der Waals surface area contributed by atoms with Crippen LogP contribution in [0, 0.1) is 23.2 Å². The zero-order valence-electron chi connectivity index (χ0n) is 10.6. The summed E-state index contributed by atoms with van der Waals surface area (Å²) in [5.74, 6) is 1.89. The van der Waals surface area contributed by atoms with E-state index in [2.05, 4.69) is 20.8 Å². The third-order valence-electron chi connectivity index (χ3n) is 5.36. The molecular weight excluding hydrogens is 200 g/mol. The normalized spacial score (nSPS) is 50.2. The summed E-state index contributed by atoms with van der Waals surface area (Å²) in [5.41, 5.74) is 0.294. The molecule has 0 aromatic rings. The van der Waals surface area contributed by atoms with E-state index in [0.29, 0.717) is 29.6 Å². The third-order valence-corrected chi connectivity index (χ3v) is 5.36. The van der Waals surface area contributed by atoms with Gasteiger partial charge in [-0.05, 0) is 50.4 Å². The summed E-state index contributed by atoms with van der Waals surface area (Å²) in [6.45, 7) is 7.38. The van der Waals surface area contributed by atoms with Gasteiger partial charge < -0.3 is 4.74 Å². The van der Waals surface area contributed by atoms with Gasteiger partial charge in [0.05, 0.1) is 12.2 Å². The quantitative estimate of drug-likeness (QED) is 0.630. The van der Waals surface area contributed by atoms with Crippen molar-refractivity contribution >= 4 is 5.78 Å². The number of rotatable bonds is 0. The van der Waals surface area contributed by atoms with Crippen LogP contribution < -0.4 is 0 Å². The maximum absolute atomic E-state index is 12.2. The van der Waals surface area contributed by atoms with Crippen LogP contribution in [0.4, 0.5) is 0 Å². The number of Topliss-reactive ketones (excluding diaryl/α,β-unsaturated/α-hetero) is 1. The van der Waals surface area contributed by atoms with Crippen molar-refractivity contribution in [3.05, 3.63) is 0 Å². The molecule has 2 saturated carbocycles. The van der Waals surface area contributed by atoms with Gasteiger partial charge in [0.15, 0.2) is 0 Å². The van der Waals surface area contributed by atoms with E-state index in [1.54, 1.807) is 0 Å². The summed E-state index contributed by atoms with van der Waals surface area (Å²) < 4.78 is 5.95. The molecule has 0 spiro atoms. The van der Waals surface area contributed by atoms with E-state index in [1.807, 2.05) is 0 Å². The van der Waals surface area contributed by atoms with Gasteiger partial charge in [0.1, 0.15) is 5.78 Å². The Morgan fingerprint density at radius 2 is 2.06 bits per heavy atom. The Morgan fingerprint density at radius 3 is 2.81 bits per heavy atom. The summed E-state index contributed by atoms with van der Waals surface area (Å²) in [7, 11) is 0. The Bertz CT molecular complexity index is 334. The van der Waals surface area contributed by atoms with E-state index >= 15 is 0 Å². The van der Waals surface area contributed by atoms with Crippen LogP contribution in [0.25, 0.3) is 0 Å². The minimum absolute atomic E-state index is 0.0138. The van der Waals surface area contributed by atoms with Crippen LogP contribution in [0.1, 0.15) is 46.5 Å². The standard InChI is InChI=1S/C14H22O2/c1-13(2)11-4-5-14(3)6-9(11)10(8-16-13)12(15)7-14/h9-11H,4-8H2,1-3H3/t9-,10-,11-,14+/m1/s1. The largest absolute Gasteiger partial charge is 0.375 e. The van der Waals surface area contributed by atoms with Gasteiger partial charge in [0.2, 0.25) is 0 Å². The first-order chi connectivity index (χ1) is 7.41. The fraction of sp³-hybridized carbons (Fsp3) is 0.929. The zero-order chi connectivity index (χ0) is 11.6. The van der Waals surface area contributed by atoms with E-state index in [0.717, 1.165) is 6.42 Å². The molecule has 3 aliphatic rings. The van der Waals surface area contributed by atoms with Gasteiger partial charge in [-0.2, -0.15) is 0 Å². The highest BCUT2D eigenvalue weighted by molar-refractivity contribution is 5.83. The van der Waals surface area contributed by atoms with Gasteiger partial charge in [-0.1, -0.05) is 6.92 Å². The average molecular weight is 222 g/mol. The molecule has 2 heteroatoms. The molecule has 0 amide bonds. The Kier molecular flexibility index (Phi) is 2.08. The smallest absolute Gasteiger partial charge is 0.139 e. The summed E-state index contributed by atoms with van der Waals surface area (Å²) in [6, 6.07) is 0. The molecule has 0 aromatic carbocycles. The lowest BCUT2D eigenvalue weighted by Crippen LogP contribution is -2.57. The first-order valence-electron chi connectivity index (χ1n) is 6.58. The molecule has 0 unspecified atom stereocenters. The number of ketones is 1. The molecule has 2 aliphatic carbocycles. The molecule has 2 nitrogen and oxygen atoms in total. The van der Waals surface area contributed by atoms with E-state index in [1.165, 1.54) is 19.3 Å². The van der Waals surface area contributed by atoms with Crippen molar-refractivity contribution in [2.45, 2.75) is 52.1 Å². The van der Waals surface area contributed by atoms with E-state index in [4.69, 9.17) is 4.74 Å². The number of fused-ring (bicyclic) bond motifs is 1. The van der Waals surface area contributed by atoms with Crippen LogP contribution in [0.15, 0.2) is 0 Å². The Morgan fingerprint density at radius 1 is 1.31 bits per heavy atom. The highest BCUT2D eigenvalue weighted by Crippen LogP contribution is 2.56. The molecule has 90 valence electrons. The molecule has 16 heavy (non-hydrogen) atoms. The number of carbonyl (C=O) groups excluding carboxylic acids is 1. The second-order valence-corrected chi connectivity index (χ2v) is 6.99. The Balaban J connectivity index is 1.96. The first-order valence-corrected chi connectivity index (χ1v) is 6.58. The molecule has 0 aromatic heterocycles. The summed E-state index contributed by atoms with van der Waals surface area (Å²) in [4.78, 5) is 12.2. The molecule has 1 saturated heterocycles. The maximum Gasteiger partial charge on any atom is 0.139 e. The third kappa shape index (κ3) is 1.38. The highest BCUT2D eigenvalue weighted by Gasteiger charge is 2.55. The molecule has 1 heterocycles. The van der Waals surface area contributed by atoms with Gasteiger partial charge in [-0.25, -0.2) is 0 Å². The predicted molar refractivity (Wildman–Crippen MR) is 62.1 cm³/mol. The molecule has 2 bridgehead atoms. The lowest BCUT2D eigenvalue weighted by molar-refractivity contribution is -0.191. The van der Waals surface area contributed by atoms with Gasteiger partial charge in [-0.3, -0.25) is 4.79 Å². The van der Waals surface area contributed by atoms with Gasteiger partial charge in [0, 0.05) is 12.3 Å². The lowest BCUT2D eigenvalue weighted by Gasteiger charge is -2.57. The van der Waals surface area contributed by atoms with Crippen molar-refractivity contribution in [1.82, 2.24) is 0 Å². The van der Waals surface area contributed by atoms with Crippen LogP contribution in [0.3, 0.4) is 0 Å². The van der Waals surface area contributed by atoms with Crippen molar-refractivity contribution in [2.24, 2.45) is 23.2 Å². The van der Waals surface area contributed by atoms with Crippen molar-refractivity contribution in [3.8, 4) is 0 Å². The number of hydrogen-bond acceptors (Lipinski definition) is 2. The van der Waals surface area contributed by atoms with Crippen LogP contribution in [0.2, 0.25) is 0 Å². The van der Waals surface area contributed by atoms with Crippen molar-refractivity contribution in [2.75, 3.05) is 6.61 Å². The highest BCUT2D eigenvalue weighted by atomic mass is 16.5. The second-order valence-electron chi connectivity index (χ2n) is 6.99. The van der Waals surface area contributed by atoms with Crippen molar-refractivity contribution in [3.63, 3.8) is 0 Å². The Hall–Kier alpha value is -0.370. The molecule has 4 atom stereocenters. The molecule has 0 N–H and O–H groups in total. The van der Waals surface area contributed by atoms with Gasteiger partial charge >= 0.3 is 0 Å². The minimum Gasteiger partial charge on any atom is -0.375 e. The summed E-state index contributed by atoms with van der Waals surface area (Å²) in [6.07, 6.45) is 4.50. The fourth-order valence-corrected chi connectivity index (χ4v) is 4.40. The number of ether oxygens (including phenoxy) is 1. The topological polar surface area (TPSA) is 26.3 Å². The fourth-order valence-electron chi connectivity index (χ4n) is 4.40. The van der Waals surface area contributed by atoms with E-state index in [9.17, 15) is 4.79 Å². The molecule has 1 aliphatic heterocycles. The van der Waals surface area contributed by atoms with Gasteiger partial charge in [-0.15, -0.1) is 0 Å². The van der Waals surface area contributed by atoms with E-state index < -0.39 is 0 Å². The van der Waals surface area contributed by atoms with Crippen molar-refractivity contribution in [1.29, 1.82) is 0 Å². The monoisotopic (exact) mass is 222 g/mol. The SMILES string of the molecule is CC1(C)OC[C@H]2C(=O)C[C@@]3(C)CC[C@@H]1[C@@H]2C3. The number of hydrogen-bond donors (Lipinski definition) is 0. The Labute approximate surface area is 97.7 Å². The molecule has 0 radical (unpaired) electrons. The summed E-state index contributed by atoms with van der Waals surface area (Å²) in [5, 5.41) is 0. The molecule has 3 fully saturated rings. The molecular formula is C14H22O2. The lowest BCUT2D eigenvalue weighted by atomic mass is 9.52. The second kappa shape index (κ2) is 3.10. The first kappa shape index (κ1) is 10.8. The van der Waals surface area contributed by atoms with Crippen LogP contribution in [-0.2, 0) is 9.53 Å².